The molecular weight excluding hydrogens is 399 g/mol. The molecule has 2 aromatic rings. The molecule has 140 valence electrons. The molecule has 6 nitrogen and oxygen atoms in total. The van der Waals surface area contributed by atoms with Crippen molar-refractivity contribution in [2.24, 2.45) is 0 Å². The van der Waals surface area contributed by atoms with E-state index < -0.39 is 16.1 Å². The van der Waals surface area contributed by atoms with E-state index >= 15 is 0 Å². The molecule has 0 spiro atoms. The summed E-state index contributed by atoms with van der Waals surface area (Å²) in [6.45, 7) is 1.60. The van der Waals surface area contributed by atoms with Gasteiger partial charge in [0.15, 0.2) is 0 Å². The van der Waals surface area contributed by atoms with Gasteiger partial charge in [-0.1, -0.05) is 29.3 Å². The molecule has 1 amide bonds. The van der Waals surface area contributed by atoms with E-state index in [4.69, 9.17) is 23.2 Å². The van der Waals surface area contributed by atoms with Crippen molar-refractivity contribution in [2.75, 3.05) is 6.54 Å². The Bertz CT molecular complexity index is 884. The first-order valence-corrected chi connectivity index (χ1v) is 9.93. The standard InChI is InChI=1S/C17H18Cl2N2O4S/c1-11(22)9-21-26(24,25)15-6-3-12(4-7-15)17(23)20-10-13-2-5-14(18)8-16(13)19/h2-8,11,21-22H,9-10H2,1H3,(H,20,23). The second kappa shape index (κ2) is 8.83. The second-order valence-corrected chi connectivity index (χ2v) is 8.25. The third kappa shape index (κ3) is 5.69. The molecule has 1 atom stereocenters. The van der Waals surface area contributed by atoms with Crippen LogP contribution < -0.4 is 10.0 Å². The number of carbonyl (C=O) groups is 1. The first-order chi connectivity index (χ1) is 12.2. The van der Waals surface area contributed by atoms with Gasteiger partial charge in [0.2, 0.25) is 10.0 Å². The lowest BCUT2D eigenvalue weighted by Crippen LogP contribution is -2.30. The molecule has 26 heavy (non-hydrogen) atoms. The van der Waals surface area contributed by atoms with E-state index in [1.54, 1.807) is 18.2 Å². The van der Waals surface area contributed by atoms with Crippen LogP contribution in [0.4, 0.5) is 0 Å². The smallest absolute Gasteiger partial charge is 0.251 e. The summed E-state index contributed by atoms with van der Waals surface area (Å²) in [5.41, 5.74) is 1.02. The number of hydrogen-bond donors (Lipinski definition) is 3. The molecule has 0 aliphatic carbocycles. The molecule has 3 N–H and O–H groups in total. The van der Waals surface area contributed by atoms with Crippen LogP contribution in [0.5, 0.6) is 0 Å². The molecule has 9 heteroatoms. The number of nitrogens with one attached hydrogen (secondary N) is 2. The van der Waals surface area contributed by atoms with Gasteiger partial charge in [-0.05, 0) is 48.9 Å². The maximum absolute atomic E-state index is 12.2. The van der Waals surface area contributed by atoms with Crippen molar-refractivity contribution in [1.29, 1.82) is 0 Å². The zero-order chi connectivity index (χ0) is 19.3. The molecule has 0 saturated heterocycles. The van der Waals surface area contributed by atoms with Gasteiger partial charge in [-0.15, -0.1) is 0 Å². The highest BCUT2D eigenvalue weighted by Crippen LogP contribution is 2.21. The number of aliphatic hydroxyl groups excluding tert-OH is 1. The lowest BCUT2D eigenvalue weighted by molar-refractivity contribution is 0.0951. The van der Waals surface area contributed by atoms with Crippen molar-refractivity contribution in [3.05, 3.63) is 63.6 Å². The summed E-state index contributed by atoms with van der Waals surface area (Å²) in [6.07, 6.45) is -0.797. The summed E-state index contributed by atoms with van der Waals surface area (Å²) < 4.78 is 26.4. The third-order valence-electron chi connectivity index (χ3n) is 3.45. The van der Waals surface area contributed by atoms with Crippen LogP contribution in [0.15, 0.2) is 47.4 Å². The van der Waals surface area contributed by atoms with Crippen LogP contribution in [-0.4, -0.2) is 32.1 Å². The van der Waals surface area contributed by atoms with E-state index in [2.05, 4.69) is 10.0 Å². The Labute approximate surface area is 162 Å². The van der Waals surface area contributed by atoms with Gasteiger partial charge in [-0.25, -0.2) is 13.1 Å². The highest BCUT2D eigenvalue weighted by molar-refractivity contribution is 7.89. The minimum atomic E-state index is -3.73. The fraction of sp³-hybridized carbons (Fsp3) is 0.235. The van der Waals surface area contributed by atoms with Crippen LogP contribution in [0, 0.1) is 0 Å². The predicted molar refractivity (Wildman–Crippen MR) is 101 cm³/mol. The average molecular weight is 417 g/mol. The normalized spacial score (nSPS) is 12.6. The predicted octanol–water partition coefficient (Wildman–Crippen LogP) is 2.58. The Hall–Kier alpha value is -1.64. The molecule has 1 unspecified atom stereocenters. The van der Waals surface area contributed by atoms with Crippen LogP contribution in [0.2, 0.25) is 10.0 Å². The number of sulfonamides is 1. The number of rotatable bonds is 7. The van der Waals surface area contributed by atoms with Crippen molar-refractivity contribution >= 4 is 39.1 Å². The lowest BCUT2D eigenvalue weighted by atomic mass is 10.2. The highest BCUT2D eigenvalue weighted by Gasteiger charge is 2.15. The Balaban J connectivity index is 2.02. The molecule has 0 fully saturated rings. The molecule has 0 heterocycles. The third-order valence-corrected chi connectivity index (χ3v) is 5.48. The first-order valence-electron chi connectivity index (χ1n) is 7.69. The van der Waals surface area contributed by atoms with Gasteiger partial charge in [0, 0.05) is 28.7 Å². The van der Waals surface area contributed by atoms with Crippen molar-refractivity contribution < 1.29 is 18.3 Å². The number of halogens is 2. The Morgan fingerprint density at radius 1 is 1.15 bits per heavy atom. The number of aliphatic hydroxyl groups is 1. The zero-order valence-electron chi connectivity index (χ0n) is 13.9. The molecular formula is C17H18Cl2N2O4S. The highest BCUT2D eigenvalue weighted by atomic mass is 35.5. The van der Waals surface area contributed by atoms with Gasteiger partial charge in [0.25, 0.3) is 5.91 Å². The van der Waals surface area contributed by atoms with E-state index in [0.717, 1.165) is 0 Å². The molecule has 0 bridgehead atoms. The molecule has 0 aliphatic rings. The van der Waals surface area contributed by atoms with Crippen molar-refractivity contribution in [1.82, 2.24) is 10.0 Å². The van der Waals surface area contributed by atoms with Gasteiger partial charge < -0.3 is 10.4 Å². The van der Waals surface area contributed by atoms with Gasteiger partial charge in [-0.2, -0.15) is 0 Å². The molecule has 0 aliphatic heterocycles. The molecule has 2 rings (SSSR count). The molecule has 0 radical (unpaired) electrons. The quantitative estimate of drug-likeness (QED) is 0.646. The monoisotopic (exact) mass is 416 g/mol. The number of hydrogen-bond acceptors (Lipinski definition) is 4. The fourth-order valence-corrected chi connectivity index (χ4v) is 3.64. The Morgan fingerprint density at radius 3 is 2.38 bits per heavy atom. The number of amides is 1. The first kappa shape index (κ1) is 20.7. The lowest BCUT2D eigenvalue weighted by Gasteiger charge is -2.10. The van der Waals surface area contributed by atoms with Gasteiger partial charge in [-0.3, -0.25) is 4.79 Å². The van der Waals surface area contributed by atoms with E-state index in [0.29, 0.717) is 21.2 Å². The van der Waals surface area contributed by atoms with E-state index in [9.17, 15) is 18.3 Å². The van der Waals surface area contributed by atoms with Gasteiger partial charge in [0.05, 0.1) is 11.0 Å². The van der Waals surface area contributed by atoms with Crippen LogP contribution in [0.1, 0.15) is 22.8 Å². The summed E-state index contributed by atoms with van der Waals surface area (Å²) >= 11 is 11.9. The Kier molecular flexibility index (Phi) is 7.02. The van der Waals surface area contributed by atoms with Crippen LogP contribution in [0.3, 0.4) is 0 Å². The minimum absolute atomic E-state index is 0.00967. The van der Waals surface area contributed by atoms with Crippen molar-refractivity contribution in [2.45, 2.75) is 24.5 Å². The summed E-state index contributed by atoms with van der Waals surface area (Å²) in [5.74, 6) is -0.364. The van der Waals surface area contributed by atoms with Gasteiger partial charge >= 0.3 is 0 Å². The fourth-order valence-electron chi connectivity index (χ4n) is 2.04. The number of carbonyl (C=O) groups excluding carboxylic acids is 1. The topological polar surface area (TPSA) is 95.5 Å². The van der Waals surface area contributed by atoms with Gasteiger partial charge in [0.1, 0.15) is 0 Å². The van der Waals surface area contributed by atoms with Crippen molar-refractivity contribution in [3.8, 4) is 0 Å². The van der Waals surface area contributed by atoms with E-state index in [1.807, 2.05) is 0 Å². The summed E-state index contributed by atoms with van der Waals surface area (Å²) in [4.78, 5) is 12.2. The zero-order valence-corrected chi connectivity index (χ0v) is 16.2. The SMILES string of the molecule is CC(O)CNS(=O)(=O)c1ccc(C(=O)NCc2ccc(Cl)cc2Cl)cc1. The molecule has 2 aromatic carbocycles. The summed E-state index contributed by atoms with van der Waals surface area (Å²) in [5, 5.41) is 12.8. The Morgan fingerprint density at radius 2 is 1.81 bits per heavy atom. The van der Waals surface area contributed by atoms with Crippen LogP contribution >= 0.6 is 23.2 Å². The largest absolute Gasteiger partial charge is 0.392 e. The maximum atomic E-state index is 12.2. The summed E-state index contributed by atoms with van der Waals surface area (Å²) in [7, 11) is -3.73. The van der Waals surface area contributed by atoms with E-state index in [-0.39, 0.29) is 23.9 Å². The van der Waals surface area contributed by atoms with E-state index in [1.165, 1.54) is 31.2 Å². The van der Waals surface area contributed by atoms with Crippen LogP contribution in [0.25, 0.3) is 0 Å². The second-order valence-electron chi connectivity index (χ2n) is 5.64. The average Bonchev–Trinajstić information content (AvgIpc) is 2.59. The maximum Gasteiger partial charge on any atom is 0.251 e. The molecule has 0 aromatic heterocycles. The summed E-state index contributed by atoms with van der Waals surface area (Å²) in [6, 6.07) is 10.5. The molecule has 0 saturated carbocycles. The number of benzene rings is 2. The minimum Gasteiger partial charge on any atom is -0.392 e. The van der Waals surface area contributed by atoms with Crippen molar-refractivity contribution in [3.63, 3.8) is 0 Å². The van der Waals surface area contributed by atoms with Crippen LogP contribution in [-0.2, 0) is 16.6 Å².